The van der Waals surface area contributed by atoms with Crippen molar-refractivity contribution in [2.24, 2.45) is 5.92 Å². The molecule has 0 aromatic heterocycles. The smallest absolute Gasteiger partial charge is 0.251 e. The molecule has 0 bridgehead atoms. The number of carbonyl (C=O) groups excluding carboxylic acids is 1. The molecule has 2 aromatic rings. The Kier molecular flexibility index (Phi) is 4.81. The predicted molar refractivity (Wildman–Crippen MR) is 99.0 cm³/mol. The number of rotatable bonds is 6. The third kappa shape index (κ3) is 4.60. The molecule has 1 aliphatic rings. The monoisotopic (exact) mass is 358 g/mol. The van der Waals surface area contributed by atoms with Crippen molar-refractivity contribution < 1.29 is 13.2 Å². The summed E-state index contributed by atoms with van der Waals surface area (Å²) in [6.07, 6.45) is 3.31. The lowest BCUT2D eigenvalue weighted by Crippen LogP contribution is -2.30. The second kappa shape index (κ2) is 6.88. The van der Waals surface area contributed by atoms with E-state index in [1.807, 2.05) is 30.3 Å². The van der Waals surface area contributed by atoms with Gasteiger partial charge >= 0.3 is 0 Å². The van der Waals surface area contributed by atoms with E-state index in [1.165, 1.54) is 0 Å². The molecule has 3 rings (SSSR count). The Labute approximate surface area is 148 Å². The lowest BCUT2D eigenvalue weighted by atomic mass is 10.0. The molecule has 0 aliphatic heterocycles. The fourth-order valence-corrected chi connectivity index (χ4v) is 3.48. The first kappa shape index (κ1) is 17.5. The van der Waals surface area contributed by atoms with Crippen LogP contribution in [0.5, 0.6) is 0 Å². The van der Waals surface area contributed by atoms with Gasteiger partial charge in [0.05, 0.1) is 18.0 Å². The number of anilines is 1. The van der Waals surface area contributed by atoms with Gasteiger partial charge in [-0.05, 0) is 48.9 Å². The van der Waals surface area contributed by atoms with Crippen molar-refractivity contribution >= 4 is 21.6 Å². The van der Waals surface area contributed by atoms with Gasteiger partial charge in [-0.2, -0.15) is 0 Å². The first-order valence-electron chi connectivity index (χ1n) is 8.28. The van der Waals surface area contributed by atoms with Crippen LogP contribution in [-0.4, -0.2) is 20.6 Å². The molecule has 0 saturated heterocycles. The van der Waals surface area contributed by atoms with Crippen LogP contribution in [0.1, 0.15) is 40.4 Å². The lowest BCUT2D eigenvalue weighted by Gasteiger charge is -2.19. The van der Waals surface area contributed by atoms with E-state index in [4.69, 9.17) is 0 Å². The number of carbonyl (C=O) groups is 1. The summed E-state index contributed by atoms with van der Waals surface area (Å²) in [5.41, 5.74) is 2.74. The van der Waals surface area contributed by atoms with Gasteiger partial charge in [0, 0.05) is 5.56 Å². The Morgan fingerprint density at radius 3 is 2.40 bits per heavy atom. The van der Waals surface area contributed by atoms with E-state index in [9.17, 15) is 13.2 Å². The van der Waals surface area contributed by atoms with Gasteiger partial charge in [0.1, 0.15) is 0 Å². The normalized spacial score (nSPS) is 15.4. The zero-order valence-corrected chi connectivity index (χ0v) is 15.1. The van der Waals surface area contributed by atoms with Crippen molar-refractivity contribution in [2.75, 3.05) is 11.0 Å². The maximum Gasteiger partial charge on any atom is 0.251 e. The van der Waals surface area contributed by atoms with Crippen LogP contribution in [0.3, 0.4) is 0 Å². The molecule has 0 radical (unpaired) electrons. The van der Waals surface area contributed by atoms with Crippen LogP contribution in [0.4, 0.5) is 5.69 Å². The van der Waals surface area contributed by atoms with Crippen LogP contribution in [0.2, 0.25) is 0 Å². The quantitative estimate of drug-likeness (QED) is 0.832. The molecular weight excluding hydrogens is 336 g/mol. The second-order valence-electron chi connectivity index (χ2n) is 6.60. The summed E-state index contributed by atoms with van der Waals surface area (Å²) in [5, 5.41) is 3.10. The van der Waals surface area contributed by atoms with Gasteiger partial charge in [0.15, 0.2) is 0 Å². The van der Waals surface area contributed by atoms with Gasteiger partial charge in [-0.25, -0.2) is 8.42 Å². The maximum atomic E-state index is 12.7. The third-order valence-electron chi connectivity index (χ3n) is 4.33. The summed E-state index contributed by atoms with van der Waals surface area (Å²) < 4.78 is 25.4. The Balaban J connectivity index is 1.82. The molecule has 1 unspecified atom stereocenters. The highest BCUT2D eigenvalue weighted by atomic mass is 32.2. The Hall–Kier alpha value is -2.34. The van der Waals surface area contributed by atoms with Gasteiger partial charge in [0.2, 0.25) is 10.0 Å². The maximum absolute atomic E-state index is 12.7. The molecule has 6 heteroatoms. The van der Waals surface area contributed by atoms with E-state index in [0.29, 0.717) is 17.2 Å². The van der Waals surface area contributed by atoms with Crippen molar-refractivity contribution in [2.45, 2.75) is 25.8 Å². The van der Waals surface area contributed by atoms with Gasteiger partial charge < -0.3 is 5.32 Å². The molecule has 1 saturated carbocycles. The number of benzene rings is 2. The standard InChI is InChI=1S/C19H22N2O3S/c1-13-8-9-16(12-17(13)21-25(2,23)24)19(22)20-18(15-10-11-15)14-6-4-3-5-7-14/h3-9,12,15,18,21H,10-11H2,1-2H3,(H,20,22). The molecule has 5 nitrogen and oxygen atoms in total. The molecular formula is C19H22N2O3S. The van der Waals surface area contributed by atoms with E-state index in [0.717, 1.165) is 30.2 Å². The van der Waals surface area contributed by atoms with Gasteiger partial charge in [-0.3, -0.25) is 9.52 Å². The largest absolute Gasteiger partial charge is 0.345 e. The summed E-state index contributed by atoms with van der Waals surface area (Å²) in [6, 6.07) is 15.0. The molecule has 0 heterocycles. The van der Waals surface area contributed by atoms with Crippen molar-refractivity contribution in [1.29, 1.82) is 0 Å². The van der Waals surface area contributed by atoms with Crippen LogP contribution < -0.4 is 10.0 Å². The topological polar surface area (TPSA) is 75.3 Å². The van der Waals surface area contributed by atoms with Crippen molar-refractivity contribution in [1.82, 2.24) is 5.32 Å². The SMILES string of the molecule is Cc1ccc(C(=O)NC(c2ccccc2)C2CC2)cc1NS(C)(=O)=O. The summed E-state index contributed by atoms with van der Waals surface area (Å²) in [5.74, 6) is 0.266. The van der Waals surface area contributed by atoms with Crippen LogP contribution >= 0.6 is 0 Å². The van der Waals surface area contributed by atoms with Crippen LogP contribution in [0.15, 0.2) is 48.5 Å². The van der Waals surface area contributed by atoms with E-state index < -0.39 is 10.0 Å². The summed E-state index contributed by atoms with van der Waals surface area (Å²) in [6.45, 7) is 1.80. The van der Waals surface area contributed by atoms with Crippen molar-refractivity contribution in [3.63, 3.8) is 0 Å². The number of nitrogens with one attached hydrogen (secondary N) is 2. The molecule has 25 heavy (non-hydrogen) atoms. The zero-order valence-electron chi connectivity index (χ0n) is 14.3. The van der Waals surface area contributed by atoms with E-state index >= 15 is 0 Å². The molecule has 0 spiro atoms. The number of sulfonamides is 1. The predicted octanol–water partition coefficient (Wildman–Crippen LogP) is 3.25. The van der Waals surface area contributed by atoms with Gasteiger partial charge in [0.25, 0.3) is 5.91 Å². The minimum Gasteiger partial charge on any atom is -0.345 e. The first-order chi connectivity index (χ1) is 11.8. The Morgan fingerprint density at radius 1 is 1.12 bits per heavy atom. The zero-order chi connectivity index (χ0) is 18.0. The molecule has 1 fully saturated rings. The Bertz CT molecular complexity index is 875. The number of hydrogen-bond donors (Lipinski definition) is 2. The average molecular weight is 358 g/mol. The molecule has 2 N–H and O–H groups in total. The molecule has 2 aromatic carbocycles. The minimum absolute atomic E-state index is 0.0127. The van der Waals surface area contributed by atoms with Crippen molar-refractivity contribution in [3.8, 4) is 0 Å². The second-order valence-corrected chi connectivity index (χ2v) is 8.35. The first-order valence-corrected chi connectivity index (χ1v) is 10.2. The van der Waals surface area contributed by atoms with Crippen LogP contribution in [-0.2, 0) is 10.0 Å². The van der Waals surface area contributed by atoms with Crippen LogP contribution in [0, 0.1) is 12.8 Å². The van der Waals surface area contributed by atoms with Crippen LogP contribution in [0.25, 0.3) is 0 Å². The number of hydrogen-bond acceptors (Lipinski definition) is 3. The molecule has 1 atom stereocenters. The highest BCUT2D eigenvalue weighted by Gasteiger charge is 2.33. The number of aryl methyl sites for hydroxylation is 1. The number of amides is 1. The minimum atomic E-state index is -3.39. The highest BCUT2D eigenvalue weighted by Crippen LogP contribution is 2.41. The summed E-state index contributed by atoms with van der Waals surface area (Å²) in [4.78, 5) is 12.7. The van der Waals surface area contributed by atoms with E-state index in [1.54, 1.807) is 25.1 Å². The molecule has 1 amide bonds. The van der Waals surface area contributed by atoms with E-state index in [2.05, 4.69) is 10.0 Å². The molecule has 1 aliphatic carbocycles. The summed E-state index contributed by atoms with van der Waals surface area (Å²) in [7, 11) is -3.39. The lowest BCUT2D eigenvalue weighted by molar-refractivity contribution is 0.0931. The third-order valence-corrected chi connectivity index (χ3v) is 4.92. The summed E-state index contributed by atoms with van der Waals surface area (Å²) >= 11 is 0. The fourth-order valence-electron chi connectivity index (χ4n) is 2.86. The van der Waals surface area contributed by atoms with Crippen molar-refractivity contribution in [3.05, 3.63) is 65.2 Å². The fraction of sp³-hybridized carbons (Fsp3) is 0.316. The Morgan fingerprint density at radius 2 is 1.80 bits per heavy atom. The average Bonchev–Trinajstić information content (AvgIpc) is 3.39. The van der Waals surface area contributed by atoms with Gasteiger partial charge in [-0.15, -0.1) is 0 Å². The van der Waals surface area contributed by atoms with E-state index in [-0.39, 0.29) is 11.9 Å². The molecule has 132 valence electrons. The highest BCUT2D eigenvalue weighted by molar-refractivity contribution is 7.92. The van der Waals surface area contributed by atoms with Gasteiger partial charge in [-0.1, -0.05) is 36.4 Å².